The van der Waals surface area contributed by atoms with Crippen LogP contribution in [0.3, 0.4) is 0 Å². The molecular formula is C21H25N5O2S. The van der Waals surface area contributed by atoms with Gasteiger partial charge in [-0.25, -0.2) is 0 Å². The third-order valence-electron chi connectivity index (χ3n) is 4.41. The van der Waals surface area contributed by atoms with Crippen LogP contribution in [0.5, 0.6) is 5.75 Å². The molecule has 1 heterocycles. The number of amides is 1. The number of thioether (sulfide) groups is 1. The number of tetrazole rings is 1. The molecule has 0 aliphatic rings. The Hall–Kier alpha value is -2.87. The summed E-state index contributed by atoms with van der Waals surface area (Å²) in [7, 11) is 0. The minimum absolute atomic E-state index is 0.0994. The van der Waals surface area contributed by atoms with Gasteiger partial charge >= 0.3 is 0 Å². The highest BCUT2D eigenvalue weighted by molar-refractivity contribution is 8.00. The summed E-state index contributed by atoms with van der Waals surface area (Å²) in [6, 6.07) is 11.7. The number of carbonyl (C=O) groups is 1. The van der Waals surface area contributed by atoms with Gasteiger partial charge in [-0.05, 0) is 68.3 Å². The number of nitrogens with one attached hydrogen (secondary N) is 1. The zero-order valence-electron chi connectivity index (χ0n) is 17.3. The molecule has 0 aliphatic heterocycles. The second kappa shape index (κ2) is 9.09. The molecule has 29 heavy (non-hydrogen) atoms. The van der Waals surface area contributed by atoms with Gasteiger partial charge in [0.05, 0.1) is 11.9 Å². The van der Waals surface area contributed by atoms with Gasteiger partial charge in [0, 0.05) is 5.69 Å². The Bertz CT molecular complexity index is 995. The minimum atomic E-state index is -0.390. The van der Waals surface area contributed by atoms with Crippen LogP contribution in [0.4, 0.5) is 5.69 Å². The van der Waals surface area contributed by atoms with E-state index in [-0.39, 0.29) is 11.2 Å². The number of para-hydroxylation sites is 2. The van der Waals surface area contributed by atoms with Crippen molar-refractivity contribution in [3.63, 3.8) is 0 Å². The predicted octanol–water partition coefficient (Wildman–Crippen LogP) is 4.11. The summed E-state index contributed by atoms with van der Waals surface area (Å²) in [4.78, 5) is 12.8. The van der Waals surface area contributed by atoms with Crippen LogP contribution >= 0.6 is 11.8 Å². The Morgan fingerprint density at radius 3 is 2.59 bits per heavy atom. The molecule has 7 nitrogen and oxygen atoms in total. The summed E-state index contributed by atoms with van der Waals surface area (Å²) < 4.78 is 7.28. The minimum Gasteiger partial charge on any atom is -0.492 e. The Balaban J connectivity index is 1.78. The van der Waals surface area contributed by atoms with Crippen molar-refractivity contribution < 1.29 is 9.53 Å². The van der Waals surface area contributed by atoms with Gasteiger partial charge in [-0.3, -0.25) is 4.79 Å². The Morgan fingerprint density at radius 1 is 1.21 bits per heavy atom. The molecule has 152 valence electrons. The van der Waals surface area contributed by atoms with Gasteiger partial charge in [0.15, 0.2) is 0 Å². The molecule has 1 N–H and O–H groups in total. The molecule has 0 saturated carbocycles. The number of nitrogens with zero attached hydrogens (tertiary/aromatic N) is 4. The van der Waals surface area contributed by atoms with E-state index >= 15 is 0 Å². The number of hydrogen-bond donors (Lipinski definition) is 1. The lowest BCUT2D eigenvalue weighted by Gasteiger charge is -2.16. The van der Waals surface area contributed by atoms with E-state index < -0.39 is 0 Å². The van der Waals surface area contributed by atoms with Gasteiger partial charge in [0.1, 0.15) is 11.4 Å². The first-order valence-electron chi connectivity index (χ1n) is 9.46. The number of ether oxygens (including phenoxy) is 1. The molecule has 3 rings (SSSR count). The fourth-order valence-corrected chi connectivity index (χ4v) is 3.93. The highest BCUT2D eigenvalue weighted by Gasteiger charge is 2.21. The van der Waals surface area contributed by atoms with Crippen LogP contribution in [-0.2, 0) is 4.79 Å². The Labute approximate surface area is 174 Å². The molecule has 1 unspecified atom stereocenters. The molecule has 0 fully saturated rings. The van der Waals surface area contributed by atoms with Crippen molar-refractivity contribution in [2.45, 2.75) is 45.0 Å². The molecule has 8 heteroatoms. The van der Waals surface area contributed by atoms with Crippen LogP contribution in [0.1, 0.15) is 30.5 Å². The predicted molar refractivity (Wildman–Crippen MR) is 115 cm³/mol. The fraction of sp³-hybridized carbons (Fsp3) is 0.333. The van der Waals surface area contributed by atoms with E-state index in [1.54, 1.807) is 4.68 Å². The van der Waals surface area contributed by atoms with E-state index in [9.17, 15) is 4.79 Å². The van der Waals surface area contributed by atoms with Gasteiger partial charge in [0.25, 0.3) is 0 Å². The SMILES string of the molecule is CCOc1ccccc1-n1nnnc1SC(C)C(=O)Nc1c(C)cc(C)cc1C. The number of anilines is 1. The molecule has 1 atom stereocenters. The highest BCUT2D eigenvalue weighted by Crippen LogP contribution is 2.29. The van der Waals surface area contributed by atoms with Crippen molar-refractivity contribution in [2.75, 3.05) is 11.9 Å². The molecule has 1 aromatic heterocycles. The molecule has 0 aliphatic carbocycles. The molecular weight excluding hydrogens is 386 g/mol. The Morgan fingerprint density at radius 2 is 1.90 bits per heavy atom. The molecule has 2 aromatic carbocycles. The second-order valence-electron chi connectivity index (χ2n) is 6.80. The van der Waals surface area contributed by atoms with Gasteiger partial charge in [-0.2, -0.15) is 4.68 Å². The average molecular weight is 412 g/mol. The maximum atomic E-state index is 12.8. The largest absolute Gasteiger partial charge is 0.492 e. The fourth-order valence-electron chi connectivity index (χ4n) is 3.13. The molecule has 0 radical (unpaired) electrons. The second-order valence-corrected chi connectivity index (χ2v) is 8.11. The molecule has 0 spiro atoms. The first kappa shape index (κ1) is 20.9. The third-order valence-corrected chi connectivity index (χ3v) is 5.44. The number of carbonyl (C=O) groups excluding carboxylic acids is 1. The summed E-state index contributed by atoms with van der Waals surface area (Å²) in [5.74, 6) is 0.588. The average Bonchev–Trinajstić information content (AvgIpc) is 3.13. The van der Waals surface area contributed by atoms with Gasteiger partial charge in [0.2, 0.25) is 11.1 Å². The van der Waals surface area contributed by atoms with Crippen LogP contribution in [0.15, 0.2) is 41.6 Å². The molecule has 0 bridgehead atoms. The number of rotatable bonds is 7. The van der Waals surface area contributed by atoms with Crippen molar-refractivity contribution in [3.8, 4) is 11.4 Å². The smallest absolute Gasteiger partial charge is 0.237 e. The lowest BCUT2D eigenvalue weighted by molar-refractivity contribution is -0.115. The van der Waals surface area contributed by atoms with Crippen molar-refractivity contribution in [2.24, 2.45) is 0 Å². The number of hydrogen-bond acceptors (Lipinski definition) is 6. The zero-order valence-corrected chi connectivity index (χ0v) is 18.1. The van der Waals surface area contributed by atoms with Crippen molar-refractivity contribution in [3.05, 3.63) is 53.1 Å². The van der Waals surface area contributed by atoms with Crippen molar-refractivity contribution >= 4 is 23.4 Å². The van der Waals surface area contributed by atoms with Gasteiger partial charge < -0.3 is 10.1 Å². The molecule has 1 amide bonds. The van der Waals surface area contributed by atoms with Crippen LogP contribution in [0.25, 0.3) is 5.69 Å². The van der Waals surface area contributed by atoms with E-state index in [0.29, 0.717) is 17.5 Å². The van der Waals surface area contributed by atoms with Gasteiger partial charge in [-0.1, -0.05) is 41.6 Å². The lowest BCUT2D eigenvalue weighted by atomic mass is 10.1. The topological polar surface area (TPSA) is 81.9 Å². The lowest BCUT2D eigenvalue weighted by Crippen LogP contribution is -2.24. The number of benzene rings is 2. The summed E-state index contributed by atoms with van der Waals surface area (Å²) in [5, 5.41) is 15.2. The summed E-state index contributed by atoms with van der Waals surface area (Å²) in [6.45, 7) is 10.3. The summed E-state index contributed by atoms with van der Waals surface area (Å²) >= 11 is 1.30. The van der Waals surface area contributed by atoms with E-state index in [1.165, 1.54) is 17.3 Å². The first-order valence-corrected chi connectivity index (χ1v) is 10.3. The van der Waals surface area contributed by atoms with Gasteiger partial charge in [-0.15, -0.1) is 5.10 Å². The normalized spacial score (nSPS) is 11.9. The molecule has 0 saturated heterocycles. The van der Waals surface area contributed by atoms with Crippen molar-refractivity contribution in [1.82, 2.24) is 20.2 Å². The number of aryl methyl sites for hydroxylation is 3. The highest BCUT2D eigenvalue weighted by atomic mass is 32.2. The zero-order chi connectivity index (χ0) is 21.0. The van der Waals surface area contributed by atoms with E-state index in [2.05, 4.69) is 33.0 Å². The van der Waals surface area contributed by atoms with E-state index in [1.807, 2.05) is 58.9 Å². The summed E-state index contributed by atoms with van der Waals surface area (Å²) in [5.41, 5.74) is 4.86. The van der Waals surface area contributed by atoms with Crippen LogP contribution in [0.2, 0.25) is 0 Å². The standard InChI is InChI=1S/C21H25N5O2S/c1-6-28-18-10-8-7-9-17(18)26-21(23-24-25-26)29-16(5)20(27)22-19-14(3)11-13(2)12-15(19)4/h7-12,16H,6H2,1-5H3,(H,22,27). The van der Waals surface area contributed by atoms with Crippen LogP contribution < -0.4 is 10.1 Å². The number of aromatic nitrogens is 4. The van der Waals surface area contributed by atoms with Crippen LogP contribution in [0, 0.1) is 20.8 Å². The first-order chi connectivity index (χ1) is 13.9. The van der Waals surface area contributed by atoms with E-state index in [0.717, 1.165) is 22.5 Å². The van der Waals surface area contributed by atoms with Crippen molar-refractivity contribution in [1.29, 1.82) is 0 Å². The maximum absolute atomic E-state index is 12.8. The summed E-state index contributed by atoms with van der Waals surface area (Å²) in [6.07, 6.45) is 0. The molecule has 3 aromatic rings. The third kappa shape index (κ3) is 4.76. The van der Waals surface area contributed by atoms with Crippen LogP contribution in [-0.4, -0.2) is 38.0 Å². The Kier molecular flexibility index (Phi) is 6.53. The monoisotopic (exact) mass is 411 g/mol. The maximum Gasteiger partial charge on any atom is 0.237 e. The quantitative estimate of drug-likeness (QED) is 0.589. The van der Waals surface area contributed by atoms with E-state index in [4.69, 9.17) is 4.74 Å².